The molecule has 0 spiro atoms. The Morgan fingerprint density at radius 2 is 1.72 bits per heavy atom. The van der Waals surface area contributed by atoms with Gasteiger partial charge in [0.2, 0.25) is 5.91 Å². The van der Waals surface area contributed by atoms with E-state index in [0.29, 0.717) is 17.1 Å². The summed E-state index contributed by atoms with van der Waals surface area (Å²) in [5.41, 5.74) is 0.792. The summed E-state index contributed by atoms with van der Waals surface area (Å²) < 4.78 is 11.0. The Labute approximate surface area is 174 Å². The van der Waals surface area contributed by atoms with Gasteiger partial charge in [-0.25, -0.2) is 9.69 Å². The average Bonchev–Trinajstić information content (AvgIpc) is 3.25. The van der Waals surface area contributed by atoms with Crippen LogP contribution in [0.15, 0.2) is 58.1 Å². The molecule has 0 radical (unpaired) electrons. The number of carbonyl (C=O) groups is 3. The predicted molar refractivity (Wildman–Crippen MR) is 109 cm³/mol. The van der Waals surface area contributed by atoms with Crippen LogP contribution in [0.1, 0.15) is 0 Å². The third kappa shape index (κ3) is 2.98. The van der Waals surface area contributed by atoms with Gasteiger partial charge in [-0.15, -0.1) is 0 Å². The number of hydrazone groups is 1. The van der Waals surface area contributed by atoms with Gasteiger partial charge in [-0.05, 0) is 36.4 Å². The molecular formula is C20H16BrN3O5. The van der Waals surface area contributed by atoms with E-state index in [2.05, 4.69) is 21.0 Å². The predicted octanol–water partition coefficient (Wildman–Crippen LogP) is 2.36. The van der Waals surface area contributed by atoms with Gasteiger partial charge in [0.15, 0.2) is 5.71 Å². The molecule has 29 heavy (non-hydrogen) atoms. The first kappa shape index (κ1) is 19.1. The molecule has 0 bridgehead atoms. The van der Waals surface area contributed by atoms with E-state index in [0.717, 1.165) is 9.37 Å². The van der Waals surface area contributed by atoms with Gasteiger partial charge in [0.25, 0.3) is 5.91 Å². The van der Waals surface area contributed by atoms with Crippen molar-refractivity contribution in [3.63, 3.8) is 0 Å². The Kier molecular flexibility index (Phi) is 4.83. The van der Waals surface area contributed by atoms with E-state index < -0.39 is 29.7 Å². The van der Waals surface area contributed by atoms with Gasteiger partial charge in [-0.1, -0.05) is 28.1 Å². The van der Waals surface area contributed by atoms with Crippen molar-refractivity contribution in [2.75, 3.05) is 24.1 Å². The number of halogens is 1. The van der Waals surface area contributed by atoms with Gasteiger partial charge in [-0.2, -0.15) is 5.10 Å². The number of anilines is 2. The van der Waals surface area contributed by atoms with E-state index >= 15 is 0 Å². The minimum Gasteiger partial charge on any atom is -0.495 e. The van der Waals surface area contributed by atoms with Crippen LogP contribution in [0.25, 0.3) is 0 Å². The second kappa shape index (κ2) is 7.32. The number of hydrogen-bond donors (Lipinski definition) is 0. The lowest BCUT2D eigenvalue weighted by Gasteiger charge is -2.22. The Bertz CT molecular complexity index is 1040. The topological polar surface area (TPSA) is 88.5 Å². The molecule has 9 heteroatoms. The summed E-state index contributed by atoms with van der Waals surface area (Å²) in [6.07, 6.45) is 0. The fraction of sp³-hybridized carbons (Fsp3) is 0.200. The zero-order valence-electron chi connectivity index (χ0n) is 15.5. The number of benzene rings is 2. The van der Waals surface area contributed by atoms with Crippen molar-refractivity contribution in [2.45, 2.75) is 6.04 Å². The molecule has 2 aromatic rings. The molecule has 8 nitrogen and oxygen atoms in total. The first-order valence-electron chi connectivity index (χ1n) is 8.70. The van der Waals surface area contributed by atoms with Crippen LogP contribution in [0.5, 0.6) is 5.75 Å². The molecule has 0 unspecified atom stereocenters. The first-order chi connectivity index (χ1) is 14.0. The summed E-state index contributed by atoms with van der Waals surface area (Å²) in [4.78, 5) is 40.0. The van der Waals surface area contributed by atoms with Gasteiger partial charge >= 0.3 is 5.97 Å². The molecule has 2 aromatic carbocycles. The minimum absolute atomic E-state index is 0.101. The van der Waals surface area contributed by atoms with Crippen LogP contribution in [-0.4, -0.2) is 43.8 Å². The van der Waals surface area contributed by atoms with Crippen LogP contribution < -0.4 is 14.6 Å². The fourth-order valence-electron chi connectivity index (χ4n) is 3.55. The molecular weight excluding hydrogens is 442 g/mol. The van der Waals surface area contributed by atoms with Crippen LogP contribution in [-0.2, 0) is 19.1 Å². The lowest BCUT2D eigenvalue weighted by atomic mass is 9.98. The number of amides is 2. The van der Waals surface area contributed by atoms with E-state index in [1.807, 2.05) is 0 Å². The summed E-state index contributed by atoms with van der Waals surface area (Å²) >= 11 is 3.36. The van der Waals surface area contributed by atoms with Crippen molar-refractivity contribution in [3.05, 3.63) is 53.0 Å². The Morgan fingerprint density at radius 3 is 2.38 bits per heavy atom. The largest absolute Gasteiger partial charge is 0.495 e. The molecule has 2 aliphatic rings. The third-order valence-electron chi connectivity index (χ3n) is 4.86. The highest BCUT2D eigenvalue weighted by atomic mass is 79.9. The van der Waals surface area contributed by atoms with Crippen LogP contribution >= 0.6 is 15.9 Å². The standard InChI is InChI=1S/C20H16BrN3O5/c1-28-14-6-4-3-5-13(14)23-18(25)15-16(20(27)29-2)22-24(17(15)19(23)26)12-9-7-11(21)8-10-12/h3-10,15,17H,1-2H3/t15-,17-/m1/s1. The molecule has 0 aliphatic carbocycles. The maximum Gasteiger partial charge on any atom is 0.355 e. The van der Waals surface area contributed by atoms with E-state index in [9.17, 15) is 14.4 Å². The van der Waals surface area contributed by atoms with Gasteiger partial charge in [0, 0.05) is 4.47 Å². The molecule has 0 saturated carbocycles. The molecule has 2 amide bonds. The molecule has 148 valence electrons. The van der Waals surface area contributed by atoms with E-state index in [4.69, 9.17) is 9.47 Å². The number of nitrogens with zero attached hydrogens (tertiary/aromatic N) is 3. The molecule has 0 N–H and O–H groups in total. The quantitative estimate of drug-likeness (QED) is 0.517. The number of carbonyl (C=O) groups excluding carboxylic acids is 3. The van der Waals surface area contributed by atoms with Crippen molar-refractivity contribution in [3.8, 4) is 5.75 Å². The summed E-state index contributed by atoms with van der Waals surface area (Å²) in [7, 11) is 2.67. The second-order valence-corrected chi connectivity index (χ2v) is 7.32. The number of esters is 1. The molecule has 1 saturated heterocycles. The Hall–Kier alpha value is -3.20. The lowest BCUT2D eigenvalue weighted by molar-refractivity contribution is -0.133. The molecule has 0 aromatic heterocycles. The molecule has 2 atom stereocenters. The van der Waals surface area contributed by atoms with Crippen molar-refractivity contribution < 1.29 is 23.9 Å². The smallest absolute Gasteiger partial charge is 0.355 e. The summed E-state index contributed by atoms with van der Waals surface area (Å²) in [6, 6.07) is 12.8. The van der Waals surface area contributed by atoms with Crippen LogP contribution in [0.3, 0.4) is 0 Å². The maximum atomic E-state index is 13.3. The SMILES string of the molecule is COC(=O)C1=NN(c2ccc(Br)cc2)[C@H]2C(=O)N(c3ccccc3OC)C(=O)[C@H]12. The van der Waals surface area contributed by atoms with Gasteiger partial charge in [-0.3, -0.25) is 14.6 Å². The van der Waals surface area contributed by atoms with Crippen molar-refractivity contribution in [1.82, 2.24) is 0 Å². The zero-order chi connectivity index (χ0) is 20.7. The number of ether oxygens (including phenoxy) is 2. The molecule has 2 heterocycles. The van der Waals surface area contributed by atoms with E-state index in [-0.39, 0.29) is 5.71 Å². The summed E-state index contributed by atoms with van der Waals surface area (Å²) in [6.45, 7) is 0. The van der Waals surface area contributed by atoms with Gasteiger partial charge < -0.3 is 9.47 Å². The number of fused-ring (bicyclic) bond motifs is 1. The number of methoxy groups -OCH3 is 2. The highest BCUT2D eigenvalue weighted by Gasteiger charge is 2.59. The molecule has 2 aliphatic heterocycles. The number of rotatable bonds is 4. The zero-order valence-corrected chi connectivity index (χ0v) is 17.1. The minimum atomic E-state index is -1.07. The maximum absolute atomic E-state index is 13.3. The van der Waals surface area contributed by atoms with Crippen molar-refractivity contribution >= 4 is 50.8 Å². The van der Waals surface area contributed by atoms with Gasteiger partial charge in [0.05, 0.1) is 25.6 Å². The average molecular weight is 458 g/mol. The number of imide groups is 1. The third-order valence-corrected chi connectivity index (χ3v) is 5.39. The fourth-order valence-corrected chi connectivity index (χ4v) is 3.81. The first-order valence-corrected chi connectivity index (χ1v) is 9.49. The van der Waals surface area contributed by atoms with Gasteiger partial charge in [0.1, 0.15) is 17.7 Å². The number of para-hydroxylation sites is 2. The molecule has 4 rings (SSSR count). The van der Waals surface area contributed by atoms with E-state index in [1.54, 1.807) is 48.5 Å². The normalized spacial score (nSPS) is 20.6. The van der Waals surface area contributed by atoms with Crippen LogP contribution in [0.4, 0.5) is 11.4 Å². The van der Waals surface area contributed by atoms with E-state index in [1.165, 1.54) is 19.2 Å². The lowest BCUT2D eigenvalue weighted by Crippen LogP contribution is -2.39. The van der Waals surface area contributed by atoms with Crippen LogP contribution in [0, 0.1) is 5.92 Å². The highest BCUT2D eigenvalue weighted by molar-refractivity contribution is 9.10. The Balaban J connectivity index is 1.82. The Morgan fingerprint density at radius 1 is 1.03 bits per heavy atom. The number of hydrogen-bond acceptors (Lipinski definition) is 7. The van der Waals surface area contributed by atoms with Crippen LogP contribution in [0.2, 0.25) is 0 Å². The summed E-state index contributed by atoms with van der Waals surface area (Å²) in [5.74, 6) is -2.48. The monoisotopic (exact) mass is 457 g/mol. The summed E-state index contributed by atoms with van der Waals surface area (Å²) in [5, 5.41) is 5.68. The highest BCUT2D eigenvalue weighted by Crippen LogP contribution is 2.40. The second-order valence-electron chi connectivity index (χ2n) is 6.40. The van der Waals surface area contributed by atoms with Crippen molar-refractivity contribution in [1.29, 1.82) is 0 Å². The van der Waals surface area contributed by atoms with Crippen molar-refractivity contribution in [2.24, 2.45) is 11.0 Å². The molecule has 1 fully saturated rings.